The molecule has 2 aromatic heterocycles. The third-order valence-electron chi connectivity index (χ3n) is 2.10. The van der Waals surface area contributed by atoms with Crippen molar-refractivity contribution in [1.29, 1.82) is 0 Å². The minimum atomic E-state index is -0.125. The first-order chi connectivity index (χ1) is 6.86. The zero-order valence-corrected chi connectivity index (χ0v) is 7.86. The van der Waals surface area contributed by atoms with E-state index in [-0.39, 0.29) is 6.61 Å². The highest BCUT2D eigenvalue weighted by Crippen LogP contribution is 2.27. The summed E-state index contributed by atoms with van der Waals surface area (Å²) in [7, 11) is 0. The topological polar surface area (TPSA) is 59.4 Å². The van der Waals surface area contributed by atoms with E-state index >= 15 is 0 Å². The molecule has 0 spiro atoms. The van der Waals surface area contributed by atoms with E-state index in [1.165, 1.54) is 6.39 Å². The average molecular weight is 193 g/mol. The summed E-state index contributed by atoms with van der Waals surface area (Å²) in [6, 6.07) is 1.82. The van der Waals surface area contributed by atoms with Gasteiger partial charge in [0.2, 0.25) is 0 Å². The Kier molecular flexibility index (Phi) is 2.37. The van der Waals surface area contributed by atoms with E-state index in [4.69, 9.17) is 13.9 Å². The van der Waals surface area contributed by atoms with Gasteiger partial charge in [0.25, 0.3) is 0 Å². The second-order valence-electron chi connectivity index (χ2n) is 2.90. The number of rotatable bonds is 3. The van der Waals surface area contributed by atoms with E-state index in [1.807, 2.05) is 13.0 Å². The van der Waals surface area contributed by atoms with E-state index < -0.39 is 0 Å². The summed E-state index contributed by atoms with van der Waals surface area (Å²) in [5, 5.41) is 9.02. The molecule has 0 fully saturated rings. The van der Waals surface area contributed by atoms with Crippen molar-refractivity contribution >= 4 is 0 Å². The fourth-order valence-corrected chi connectivity index (χ4v) is 1.42. The molecular weight excluding hydrogens is 182 g/mol. The van der Waals surface area contributed by atoms with Crippen LogP contribution in [-0.2, 0) is 13.0 Å². The molecule has 4 heteroatoms. The molecule has 14 heavy (non-hydrogen) atoms. The van der Waals surface area contributed by atoms with Crippen molar-refractivity contribution in [3.05, 3.63) is 30.2 Å². The van der Waals surface area contributed by atoms with E-state index in [2.05, 4.69) is 4.98 Å². The van der Waals surface area contributed by atoms with Crippen molar-refractivity contribution in [3.63, 3.8) is 0 Å². The smallest absolute Gasteiger partial charge is 0.181 e. The number of aryl methyl sites for hydroxylation is 1. The molecule has 0 aliphatic carbocycles. The maximum Gasteiger partial charge on any atom is 0.181 e. The van der Waals surface area contributed by atoms with Crippen LogP contribution in [0.2, 0.25) is 0 Å². The van der Waals surface area contributed by atoms with Crippen LogP contribution in [0.5, 0.6) is 0 Å². The molecule has 0 aliphatic rings. The summed E-state index contributed by atoms with van der Waals surface area (Å²) in [6.07, 6.45) is 3.72. The van der Waals surface area contributed by atoms with Gasteiger partial charge in [0.05, 0.1) is 18.4 Å². The number of aromatic nitrogens is 1. The lowest BCUT2D eigenvalue weighted by Crippen LogP contribution is -1.88. The maximum absolute atomic E-state index is 9.02. The molecule has 2 heterocycles. The molecule has 0 radical (unpaired) electrons. The van der Waals surface area contributed by atoms with Gasteiger partial charge < -0.3 is 13.9 Å². The van der Waals surface area contributed by atoms with Gasteiger partial charge in [-0.2, -0.15) is 0 Å². The molecule has 0 saturated heterocycles. The van der Waals surface area contributed by atoms with Gasteiger partial charge in [-0.25, -0.2) is 4.98 Å². The third-order valence-corrected chi connectivity index (χ3v) is 2.10. The molecule has 4 nitrogen and oxygen atoms in total. The summed E-state index contributed by atoms with van der Waals surface area (Å²) in [6.45, 7) is 1.87. The first-order valence-corrected chi connectivity index (χ1v) is 4.46. The molecule has 0 amide bonds. The van der Waals surface area contributed by atoms with Crippen LogP contribution in [0, 0.1) is 0 Å². The van der Waals surface area contributed by atoms with Crippen molar-refractivity contribution in [2.45, 2.75) is 20.0 Å². The van der Waals surface area contributed by atoms with Gasteiger partial charge in [0.15, 0.2) is 12.2 Å². The average Bonchev–Trinajstić information content (AvgIpc) is 2.85. The van der Waals surface area contributed by atoms with Crippen LogP contribution in [0.4, 0.5) is 0 Å². The summed E-state index contributed by atoms with van der Waals surface area (Å²) < 4.78 is 10.5. The van der Waals surface area contributed by atoms with E-state index in [9.17, 15) is 0 Å². The molecular formula is C10H11NO3. The Morgan fingerprint density at radius 2 is 2.29 bits per heavy atom. The number of aliphatic hydroxyl groups is 1. The van der Waals surface area contributed by atoms with Crippen LogP contribution in [0.15, 0.2) is 27.6 Å². The normalized spacial score (nSPS) is 10.7. The van der Waals surface area contributed by atoms with Gasteiger partial charge in [-0.15, -0.1) is 0 Å². The molecule has 0 aliphatic heterocycles. The van der Waals surface area contributed by atoms with Gasteiger partial charge in [-0.3, -0.25) is 0 Å². The van der Waals surface area contributed by atoms with Crippen LogP contribution in [-0.4, -0.2) is 10.1 Å². The number of hydrogen-bond donors (Lipinski definition) is 1. The minimum absolute atomic E-state index is 0.125. The largest absolute Gasteiger partial charge is 0.469 e. The molecule has 0 saturated carbocycles. The minimum Gasteiger partial charge on any atom is -0.469 e. The summed E-state index contributed by atoms with van der Waals surface area (Å²) in [5.41, 5.74) is 1.41. The van der Waals surface area contributed by atoms with Crippen LogP contribution in [0.3, 0.4) is 0 Å². The third kappa shape index (κ3) is 1.33. The Balaban J connectivity index is 2.48. The number of furan rings is 1. The molecule has 0 bridgehead atoms. The van der Waals surface area contributed by atoms with Crippen molar-refractivity contribution in [3.8, 4) is 11.3 Å². The fourth-order valence-electron chi connectivity index (χ4n) is 1.42. The zero-order chi connectivity index (χ0) is 9.97. The van der Waals surface area contributed by atoms with Gasteiger partial charge in [-0.1, -0.05) is 6.92 Å². The van der Waals surface area contributed by atoms with Crippen molar-refractivity contribution in [1.82, 2.24) is 4.98 Å². The number of nitrogens with zero attached hydrogens (tertiary/aromatic N) is 1. The van der Waals surface area contributed by atoms with E-state index in [0.717, 1.165) is 17.7 Å². The lowest BCUT2D eigenvalue weighted by atomic mass is 10.1. The standard InChI is InChI=1S/C10H11NO3/c1-2-9-7(3-4-13-9)10-8(5-12)11-6-14-10/h3-4,6,12H,2,5H2,1H3. The van der Waals surface area contributed by atoms with Crippen LogP contribution >= 0.6 is 0 Å². The van der Waals surface area contributed by atoms with Gasteiger partial charge >= 0.3 is 0 Å². The second kappa shape index (κ2) is 3.67. The Hall–Kier alpha value is -1.55. The van der Waals surface area contributed by atoms with Gasteiger partial charge in [-0.05, 0) is 6.07 Å². The fraction of sp³-hybridized carbons (Fsp3) is 0.300. The molecule has 2 aromatic rings. The molecule has 0 atom stereocenters. The Bertz CT molecular complexity index is 376. The molecule has 1 N–H and O–H groups in total. The first-order valence-electron chi connectivity index (χ1n) is 4.46. The zero-order valence-electron chi connectivity index (χ0n) is 7.86. The second-order valence-corrected chi connectivity index (χ2v) is 2.90. The van der Waals surface area contributed by atoms with Gasteiger partial charge in [0.1, 0.15) is 11.5 Å². The lowest BCUT2D eigenvalue weighted by molar-refractivity contribution is 0.277. The Labute approximate surface area is 81.2 Å². The van der Waals surface area contributed by atoms with Crippen LogP contribution in [0.1, 0.15) is 18.4 Å². The van der Waals surface area contributed by atoms with Crippen molar-refractivity contribution in [2.24, 2.45) is 0 Å². The highest BCUT2D eigenvalue weighted by Gasteiger charge is 2.15. The van der Waals surface area contributed by atoms with Crippen molar-refractivity contribution < 1.29 is 13.9 Å². The molecule has 0 unspecified atom stereocenters. The number of hydrogen-bond acceptors (Lipinski definition) is 4. The monoisotopic (exact) mass is 193 g/mol. The van der Waals surface area contributed by atoms with Crippen molar-refractivity contribution in [2.75, 3.05) is 0 Å². The molecule has 2 rings (SSSR count). The van der Waals surface area contributed by atoms with E-state index in [1.54, 1.807) is 6.26 Å². The number of oxazole rings is 1. The highest BCUT2D eigenvalue weighted by molar-refractivity contribution is 5.61. The summed E-state index contributed by atoms with van der Waals surface area (Å²) in [5.74, 6) is 1.44. The summed E-state index contributed by atoms with van der Waals surface area (Å²) >= 11 is 0. The predicted molar refractivity (Wildman–Crippen MR) is 49.5 cm³/mol. The SMILES string of the molecule is CCc1occc1-c1ocnc1CO. The van der Waals surface area contributed by atoms with E-state index in [0.29, 0.717) is 11.5 Å². The first kappa shape index (κ1) is 9.02. The Morgan fingerprint density at radius 1 is 1.43 bits per heavy atom. The molecule has 74 valence electrons. The van der Waals surface area contributed by atoms with Gasteiger partial charge in [0, 0.05) is 6.42 Å². The number of aliphatic hydroxyl groups excluding tert-OH is 1. The lowest BCUT2D eigenvalue weighted by Gasteiger charge is -1.97. The summed E-state index contributed by atoms with van der Waals surface area (Å²) in [4.78, 5) is 3.91. The molecule has 0 aromatic carbocycles. The predicted octanol–water partition coefficient (Wildman–Crippen LogP) is 1.99. The maximum atomic E-state index is 9.02. The van der Waals surface area contributed by atoms with Crippen LogP contribution in [0.25, 0.3) is 11.3 Å². The highest BCUT2D eigenvalue weighted by atomic mass is 16.4. The quantitative estimate of drug-likeness (QED) is 0.809. The van der Waals surface area contributed by atoms with Crippen LogP contribution < -0.4 is 0 Å². The Morgan fingerprint density at radius 3 is 3.00 bits per heavy atom.